The zero-order valence-corrected chi connectivity index (χ0v) is 20.4. The molecule has 2 aliphatic rings. The van der Waals surface area contributed by atoms with Gasteiger partial charge in [-0.2, -0.15) is 0 Å². The lowest BCUT2D eigenvalue weighted by atomic mass is 9.93. The SMILES string of the molecule is C[C@]1([C@H]2CC[C@@H](CO[Si](c3ccccc3)(c3ccccc3)c3ccccc3)O2)C=CC(=O)CO1. The molecule has 3 aromatic carbocycles. The summed E-state index contributed by atoms with van der Waals surface area (Å²) in [6.45, 7) is 2.61. The van der Waals surface area contributed by atoms with E-state index in [2.05, 4.69) is 72.8 Å². The minimum absolute atomic E-state index is 0.000257. The van der Waals surface area contributed by atoms with Crippen LogP contribution in [0.5, 0.6) is 0 Å². The highest BCUT2D eigenvalue weighted by Crippen LogP contribution is 2.33. The molecule has 0 radical (unpaired) electrons. The molecule has 0 aliphatic carbocycles. The maximum Gasteiger partial charge on any atom is 0.288 e. The summed E-state index contributed by atoms with van der Waals surface area (Å²) in [6.07, 6.45) is 5.12. The lowest BCUT2D eigenvalue weighted by Crippen LogP contribution is -2.69. The number of hydrogen-bond donors (Lipinski definition) is 0. The summed E-state index contributed by atoms with van der Waals surface area (Å²) in [6, 6.07) is 31.8. The van der Waals surface area contributed by atoms with E-state index in [1.54, 1.807) is 6.08 Å². The van der Waals surface area contributed by atoms with Crippen molar-refractivity contribution in [1.82, 2.24) is 0 Å². The fraction of sp³-hybridized carbons (Fsp3) is 0.276. The molecular weight excluding hydrogens is 440 g/mol. The Balaban J connectivity index is 1.44. The number of ketones is 1. The van der Waals surface area contributed by atoms with Crippen molar-refractivity contribution in [2.45, 2.75) is 37.6 Å². The molecule has 2 aliphatic heterocycles. The Morgan fingerprint density at radius 1 is 0.853 bits per heavy atom. The highest BCUT2D eigenvalue weighted by Gasteiger charge is 2.45. The molecule has 34 heavy (non-hydrogen) atoms. The summed E-state index contributed by atoms with van der Waals surface area (Å²) in [4.78, 5) is 11.6. The number of carbonyl (C=O) groups excluding carboxylic acids is 1. The minimum atomic E-state index is -2.75. The molecule has 1 fully saturated rings. The second-order valence-corrected chi connectivity index (χ2v) is 12.6. The third-order valence-electron chi connectivity index (χ3n) is 6.90. The van der Waals surface area contributed by atoms with Gasteiger partial charge in [0.1, 0.15) is 12.2 Å². The van der Waals surface area contributed by atoms with E-state index in [9.17, 15) is 4.79 Å². The molecule has 0 unspecified atom stereocenters. The second-order valence-electron chi connectivity index (χ2n) is 9.19. The van der Waals surface area contributed by atoms with Crippen LogP contribution in [-0.2, 0) is 18.7 Å². The number of carbonyl (C=O) groups is 1. The quantitative estimate of drug-likeness (QED) is 0.393. The standard InChI is InChI=1S/C29H30O4Si/c1-29(20-19-23(30)21-31-29)28-18-17-24(33-28)22-32-34(25-11-5-2-6-12-25,26-13-7-3-8-14-26)27-15-9-4-10-16-27/h2-16,19-20,24,28H,17-18,21-22H2,1H3/t24-,28+,29+/m0/s1. The molecule has 0 amide bonds. The predicted molar refractivity (Wildman–Crippen MR) is 136 cm³/mol. The van der Waals surface area contributed by atoms with Gasteiger partial charge in [0.25, 0.3) is 8.32 Å². The topological polar surface area (TPSA) is 44.8 Å². The van der Waals surface area contributed by atoms with Crippen LogP contribution in [0.4, 0.5) is 0 Å². The average molecular weight is 471 g/mol. The molecule has 5 heteroatoms. The van der Waals surface area contributed by atoms with E-state index in [-0.39, 0.29) is 24.6 Å². The van der Waals surface area contributed by atoms with Crippen LogP contribution in [-0.4, -0.2) is 45.1 Å². The summed E-state index contributed by atoms with van der Waals surface area (Å²) in [5.41, 5.74) is -0.574. The normalized spacial score (nSPS) is 24.9. The van der Waals surface area contributed by atoms with Gasteiger partial charge in [-0.05, 0) is 47.5 Å². The molecule has 0 aromatic heterocycles. The molecule has 0 spiro atoms. The molecule has 4 nitrogen and oxygen atoms in total. The minimum Gasteiger partial charge on any atom is -0.402 e. The summed E-state index contributed by atoms with van der Waals surface area (Å²) in [7, 11) is -2.75. The van der Waals surface area contributed by atoms with Crippen molar-refractivity contribution in [2.75, 3.05) is 13.2 Å². The Labute approximate surface area is 202 Å². The van der Waals surface area contributed by atoms with Crippen molar-refractivity contribution in [2.24, 2.45) is 0 Å². The lowest BCUT2D eigenvalue weighted by molar-refractivity contribution is -0.139. The number of hydrogen-bond acceptors (Lipinski definition) is 4. The van der Waals surface area contributed by atoms with E-state index in [4.69, 9.17) is 13.9 Å². The number of benzene rings is 3. The van der Waals surface area contributed by atoms with Crippen LogP contribution in [0.3, 0.4) is 0 Å². The van der Waals surface area contributed by atoms with E-state index in [0.717, 1.165) is 12.8 Å². The van der Waals surface area contributed by atoms with Gasteiger partial charge in [0.2, 0.25) is 0 Å². The van der Waals surface area contributed by atoms with E-state index in [1.807, 2.05) is 31.2 Å². The fourth-order valence-corrected chi connectivity index (χ4v) is 8.94. The van der Waals surface area contributed by atoms with E-state index in [0.29, 0.717) is 6.61 Å². The number of ether oxygens (including phenoxy) is 2. The zero-order chi connectivity index (χ0) is 23.4. The van der Waals surface area contributed by atoms with Gasteiger partial charge in [-0.25, -0.2) is 0 Å². The van der Waals surface area contributed by atoms with Gasteiger partial charge >= 0.3 is 0 Å². The fourth-order valence-electron chi connectivity index (χ4n) is 5.02. The first-order chi connectivity index (χ1) is 16.6. The van der Waals surface area contributed by atoms with Gasteiger partial charge < -0.3 is 13.9 Å². The van der Waals surface area contributed by atoms with Gasteiger partial charge in [-0.3, -0.25) is 4.79 Å². The van der Waals surface area contributed by atoms with Crippen molar-refractivity contribution in [3.63, 3.8) is 0 Å². The van der Waals surface area contributed by atoms with Crippen molar-refractivity contribution in [3.05, 3.63) is 103 Å². The van der Waals surface area contributed by atoms with Crippen LogP contribution < -0.4 is 15.6 Å². The zero-order valence-electron chi connectivity index (χ0n) is 19.4. The highest BCUT2D eigenvalue weighted by molar-refractivity contribution is 7.07. The summed E-state index contributed by atoms with van der Waals surface area (Å²) in [5.74, 6) is -0.000257. The average Bonchev–Trinajstić information content (AvgIpc) is 3.38. The largest absolute Gasteiger partial charge is 0.402 e. The predicted octanol–water partition coefficient (Wildman–Crippen LogP) is 3.13. The number of rotatable bonds is 7. The highest BCUT2D eigenvalue weighted by atomic mass is 28.4. The van der Waals surface area contributed by atoms with Gasteiger partial charge in [-0.15, -0.1) is 0 Å². The van der Waals surface area contributed by atoms with Crippen LogP contribution >= 0.6 is 0 Å². The first-order valence-corrected chi connectivity index (χ1v) is 13.8. The first kappa shape index (κ1) is 22.9. The molecular formula is C29H30O4Si. The van der Waals surface area contributed by atoms with Crippen LogP contribution in [0.25, 0.3) is 0 Å². The Hall–Kier alpha value is -2.83. The molecule has 0 bridgehead atoms. The maximum absolute atomic E-state index is 11.6. The Kier molecular flexibility index (Phi) is 6.61. The second kappa shape index (κ2) is 9.80. The van der Waals surface area contributed by atoms with E-state index < -0.39 is 13.9 Å². The lowest BCUT2D eigenvalue weighted by Gasteiger charge is -2.35. The Morgan fingerprint density at radius 2 is 1.38 bits per heavy atom. The summed E-state index contributed by atoms with van der Waals surface area (Å²) < 4.78 is 19.4. The summed E-state index contributed by atoms with van der Waals surface area (Å²) >= 11 is 0. The molecule has 0 saturated carbocycles. The van der Waals surface area contributed by atoms with Gasteiger partial charge in [0, 0.05) is 0 Å². The third kappa shape index (κ3) is 4.44. The van der Waals surface area contributed by atoms with Crippen molar-refractivity contribution < 1.29 is 18.7 Å². The van der Waals surface area contributed by atoms with Crippen LogP contribution in [0.15, 0.2) is 103 Å². The summed E-state index contributed by atoms with van der Waals surface area (Å²) in [5, 5.41) is 3.64. The first-order valence-electron chi connectivity index (χ1n) is 11.9. The van der Waals surface area contributed by atoms with E-state index in [1.165, 1.54) is 15.6 Å². The molecule has 3 aromatic rings. The monoisotopic (exact) mass is 470 g/mol. The van der Waals surface area contributed by atoms with Crippen LogP contribution in [0.1, 0.15) is 19.8 Å². The van der Waals surface area contributed by atoms with Gasteiger partial charge in [0.05, 0.1) is 18.8 Å². The molecule has 1 saturated heterocycles. The van der Waals surface area contributed by atoms with Gasteiger partial charge in [0.15, 0.2) is 5.78 Å². The smallest absolute Gasteiger partial charge is 0.288 e. The van der Waals surface area contributed by atoms with Gasteiger partial charge in [-0.1, -0.05) is 91.0 Å². The van der Waals surface area contributed by atoms with E-state index >= 15 is 0 Å². The van der Waals surface area contributed by atoms with Crippen LogP contribution in [0, 0.1) is 0 Å². The molecule has 2 heterocycles. The molecule has 3 atom stereocenters. The molecule has 0 N–H and O–H groups in total. The third-order valence-corrected chi connectivity index (χ3v) is 10.9. The molecule has 5 rings (SSSR count). The Bertz CT molecular complexity index is 1040. The molecule has 174 valence electrons. The maximum atomic E-state index is 11.6. The van der Waals surface area contributed by atoms with Crippen molar-refractivity contribution >= 4 is 29.7 Å². The van der Waals surface area contributed by atoms with Crippen molar-refractivity contribution in [1.29, 1.82) is 0 Å². The van der Waals surface area contributed by atoms with Crippen LogP contribution in [0.2, 0.25) is 0 Å². The van der Waals surface area contributed by atoms with Crippen molar-refractivity contribution in [3.8, 4) is 0 Å². The Morgan fingerprint density at radius 3 is 1.85 bits per heavy atom.